The van der Waals surface area contributed by atoms with Crippen molar-refractivity contribution in [2.75, 3.05) is 7.11 Å². The maximum Gasteiger partial charge on any atom is 0.363 e. The van der Waals surface area contributed by atoms with Gasteiger partial charge in [-0.05, 0) is 54.1 Å². The van der Waals surface area contributed by atoms with Crippen LogP contribution in [0.15, 0.2) is 77.4 Å². The molecule has 0 saturated carbocycles. The molecule has 1 aliphatic heterocycles. The Morgan fingerprint density at radius 1 is 1.00 bits per heavy atom. The molecule has 3 aromatic carbocycles. The van der Waals surface area contributed by atoms with Crippen LogP contribution in [0.25, 0.3) is 6.08 Å². The molecule has 0 N–H and O–H groups in total. The SMILES string of the molecule is COc1cc(/C=C2\N=C(c3ccc(Cl)cc3Cl)OC2=O)ccc1OC(=O)c1ccccc1. The minimum absolute atomic E-state index is 0.0853. The summed E-state index contributed by atoms with van der Waals surface area (Å²) < 4.78 is 16.0. The highest BCUT2D eigenvalue weighted by atomic mass is 35.5. The Morgan fingerprint density at radius 3 is 2.50 bits per heavy atom. The highest BCUT2D eigenvalue weighted by Gasteiger charge is 2.26. The minimum atomic E-state index is -0.621. The third kappa shape index (κ3) is 4.66. The van der Waals surface area contributed by atoms with Gasteiger partial charge in [0.2, 0.25) is 5.90 Å². The van der Waals surface area contributed by atoms with Crippen molar-refractivity contribution < 1.29 is 23.8 Å². The van der Waals surface area contributed by atoms with Crippen LogP contribution < -0.4 is 9.47 Å². The fraction of sp³-hybridized carbons (Fsp3) is 0.0417. The van der Waals surface area contributed by atoms with Crippen LogP contribution in [0.2, 0.25) is 10.0 Å². The highest BCUT2D eigenvalue weighted by Crippen LogP contribution is 2.31. The average molecular weight is 468 g/mol. The van der Waals surface area contributed by atoms with Crippen molar-refractivity contribution >= 4 is 47.1 Å². The largest absolute Gasteiger partial charge is 0.493 e. The Kier molecular flexibility index (Phi) is 6.25. The molecule has 6 nitrogen and oxygen atoms in total. The van der Waals surface area contributed by atoms with Gasteiger partial charge in [-0.3, -0.25) is 0 Å². The first-order valence-corrected chi connectivity index (χ1v) is 10.1. The standard InChI is InChI=1S/C24H15Cl2NO5/c1-30-21-12-14(7-10-20(21)31-23(28)15-5-3-2-4-6-15)11-19-24(29)32-22(27-19)17-9-8-16(25)13-18(17)26/h2-13H,1H3/b19-11-. The number of hydrogen-bond donors (Lipinski definition) is 0. The fourth-order valence-corrected chi connectivity index (χ4v) is 3.43. The molecule has 8 heteroatoms. The number of methoxy groups -OCH3 is 1. The molecule has 1 aliphatic rings. The number of halogens is 2. The van der Waals surface area contributed by atoms with Gasteiger partial charge in [-0.2, -0.15) is 0 Å². The smallest absolute Gasteiger partial charge is 0.363 e. The van der Waals surface area contributed by atoms with Gasteiger partial charge in [0, 0.05) is 5.02 Å². The van der Waals surface area contributed by atoms with Crippen LogP contribution in [0.5, 0.6) is 11.5 Å². The second-order valence-electron chi connectivity index (χ2n) is 6.63. The Morgan fingerprint density at radius 2 is 1.78 bits per heavy atom. The minimum Gasteiger partial charge on any atom is -0.493 e. The summed E-state index contributed by atoms with van der Waals surface area (Å²) in [4.78, 5) is 28.9. The van der Waals surface area contributed by atoms with Gasteiger partial charge in [0.1, 0.15) is 0 Å². The Labute approximate surface area is 193 Å². The van der Waals surface area contributed by atoms with Crippen molar-refractivity contribution in [3.63, 3.8) is 0 Å². The van der Waals surface area contributed by atoms with Gasteiger partial charge < -0.3 is 14.2 Å². The Bertz CT molecular complexity index is 1270. The first-order chi connectivity index (χ1) is 15.4. The molecule has 32 heavy (non-hydrogen) atoms. The number of nitrogens with zero attached hydrogens (tertiary/aromatic N) is 1. The molecule has 1 heterocycles. The number of ether oxygens (including phenoxy) is 3. The van der Waals surface area contributed by atoms with Crippen molar-refractivity contribution in [2.45, 2.75) is 0 Å². The summed E-state index contributed by atoms with van der Waals surface area (Å²) in [7, 11) is 1.45. The lowest BCUT2D eigenvalue weighted by Gasteiger charge is -2.10. The van der Waals surface area contributed by atoms with E-state index in [1.807, 2.05) is 6.07 Å². The zero-order valence-corrected chi connectivity index (χ0v) is 18.2. The predicted octanol–water partition coefficient (Wildman–Crippen LogP) is 5.57. The molecule has 0 amide bonds. The van der Waals surface area contributed by atoms with Crippen LogP contribution in [0.4, 0.5) is 0 Å². The molecule has 0 aromatic heterocycles. The maximum absolute atomic E-state index is 12.3. The van der Waals surface area contributed by atoms with Crippen molar-refractivity contribution in [3.8, 4) is 11.5 Å². The second-order valence-corrected chi connectivity index (χ2v) is 7.47. The number of aliphatic imine (C=N–C) groups is 1. The number of cyclic esters (lactones) is 1. The molecule has 160 valence electrons. The number of rotatable bonds is 5. The molecule has 0 saturated heterocycles. The maximum atomic E-state index is 12.3. The Balaban J connectivity index is 1.59. The van der Waals surface area contributed by atoms with E-state index < -0.39 is 11.9 Å². The lowest BCUT2D eigenvalue weighted by molar-refractivity contribution is -0.129. The topological polar surface area (TPSA) is 74.2 Å². The zero-order valence-electron chi connectivity index (χ0n) is 16.7. The van der Waals surface area contributed by atoms with Crippen molar-refractivity contribution in [1.82, 2.24) is 0 Å². The van der Waals surface area contributed by atoms with Crippen LogP contribution in [0, 0.1) is 0 Å². The third-order valence-electron chi connectivity index (χ3n) is 4.49. The third-order valence-corrected chi connectivity index (χ3v) is 5.03. The molecule has 0 unspecified atom stereocenters. The van der Waals surface area contributed by atoms with E-state index in [0.29, 0.717) is 32.5 Å². The molecular formula is C24H15Cl2NO5. The van der Waals surface area contributed by atoms with E-state index in [0.717, 1.165) is 0 Å². The van der Waals surface area contributed by atoms with E-state index in [9.17, 15) is 9.59 Å². The monoisotopic (exact) mass is 467 g/mol. The van der Waals surface area contributed by atoms with Gasteiger partial charge in [0.15, 0.2) is 17.2 Å². The highest BCUT2D eigenvalue weighted by molar-refractivity contribution is 6.37. The molecule has 0 spiro atoms. The lowest BCUT2D eigenvalue weighted by atomic mass is 10.1. The van der Waals surface area contributed by atoms with E-state index in [2.05, 4.69) is 4.99 Å². The van der Waals surface area contributed by atoms with Crippen LogP contribution in [0.1, 0.15) is 21.5 Å². The van der Waals surface area contributed by atoms with E-state index in [-0.39, 0.29) is 17.3 Å². The molecule has 0 aliphatic carbocycles. The fourth-order valence-electron chi connectivity index (χ4n) is 2.94. The normalized spacial score (nSPS) is 14.2. The second kappa shape index (κ2) is 9.26. The van der Waals surface area contributed by atoms with Gasteiger partial charge in [-0.25, -0.2) is 14.6 Å². The van der Waals surface area contributed by atoms with Gasteiger partial charge in [0.25, 0.3) is 0 Å². The quantitative estimate of drug-likeness (QED) is 0.278. The molecule has 0 bridgehead atoms. The first-order valence-electron chi connectivity index (χ1n) is 9.38. The van der Waals surface area contributed by atoms with E-state index in [1.165, 1.54) is 19.3 Å². The number of hydrogen-bond acceptors (Lipinski definition) is 6. The number of benzene rings is 3. The average Bonchev–Trinajstić information content (AvgIpc) is 3.15. The van der Waals surface area contributed by atoms with Gasteiger partial charge >= 0.3 is 11.9 Å². The molecule has 0 atom stereocenters. The molecular weight excluding hydrogens is 453 g/mol. The summed E-state index contributed by atoms with van der Waals surface area (Å²) in [6.45, 7) is 0. The van der Waals surface area contributed by atoms with Gasteiger partial charge in [0.05, 0.1) is 23.3 Å². The van der Waals surface area contributed by atoms with E-state index in [4.69, 9.17) is 37.4 Å². The van der Waals surface area contributed by atoms with Crippen molar-refractivity contribution in [2.24, 2.45) is 4.99 Å². The molecule has 3 aromatic rings. The Hall–Kier alpha value is -3.61. The summed E-state index contributed by atoms with van der Waals surface area (Å²) in [6.07, 6.45) is 1.53. The van der Waals surface area contributed by atoms with Crippen molar-refractivity contribution in [3.05, 3.63) is 99.2 Å². The summed E-state index contributed by atoms with van der Waals surface area (Å²) in [5, 5.41) is 0.774. The zero-order chi connectivity index (χ0) is 22.7. The number of carbonyl (C=O) groups excluding carboxylic acids is 2. The molecule has 4 rings (SSSR count). The van der Waals surface area contributed by atoms with E-state index in [1.54, 1.807) is 54.6 Å². The van der Waals surface area contributed by atoms with Crippen molar-refractivity contribution in [1.29, 1.82) is 0 Å². The van der Waals surface area contributed by atoms with E-state index >= 15 is 0 Å². The predicted molar refractivity (Wildman–Crippen MR) is 121 cm³/mol. The summed E-state index contributed by atoms with van der Waals surface area (Å²) in [5.41, 5.74) is 1.55. The molecule has 0 fully saturated rings. The summed E-state index contributed by atoms with van der Waals surface area (Å²) in [6, 6.07) is 18.3. The van der Waals surface area contributed by atoms with Crippen LogP contribution in [-0.4, -0.2) is 24.9 Å². The molecule has 0 radical (unpaired) electrons. The van der Waals surface area contributed by atoms with Gasteiger partial charge in [-0.1, -0.05) is 47.5 Å². The van der Waals surface area contributed by atoms with Crippen LogP contribution in [-0.2, 0) is 9.53 Å². The van der Waals surface area contributed by atoms with Crippen LogP contribution >= 0.6 is 23.2 Å². The number of carbonyl (C=O) groups is 2. The lowest BCUT2D eigenvalue weighted by Crippen LogP contribution is -2.09. The van der Waals surface area contributed by atoms with Gasteiger partial charge in [-0.15, -0.1) is 0 Å². The number of esters is 2. The summed E-state index contributed by atoms with van der Waals surface area (Å²) >= 11 is 12.1. The first kappa shape index (κ1) is 21.6. The van der Waals surface area contributed by atoms with Crippen LogP contribution in [0.3, 0.4) is 0 Å². The summed E-state index contributed by atoms with van der Waals surface area (Å²) in [5.74, 6) is -0.481.